The highest BCUT2D eigenvalue weighted by Gasteiger charge is 2.17. The molecule has 1 aliphatic rings. The van der Waals surface area contributed by atoms with Crippen LogP contribution in [0, 0.1) is 0 Å². The van der Waals surface area contributed by atoms with E-state index in [1.165, 1.54) is 12.1 Å². The van der Waals surface area contributed by atoms with Crippen molar-refractivity contribution in [3.05, 3.63) is 28.7 Å². The first-order valence-electron chi connectivity index (χ1n) is 5.82. The van der Waals surface area contributed by atoms with E-state index < -0.39 is 10.0 Å². The Bertz CT molecular complexity index is 608. The molecular formula is C12H13BrN2O3S. The third-order valence-corrected chi connectivity index (χ3v) is 4.52. The molecule has 0 spiro atoms. The number of ketones is 1. The number of carbonyl (C=O) groups is 1. The molecule has 2 rings (SSSR count). The van der Waals surface area contributed by atoms with E-state index in [4.69, 9.17) is 0 Å². The van der Waals surface area contributed by atoms with Crippen LogP contribution in [0.3, 0.4) is 0 Å². The molecule has 0 heterocycles. The Morgan fingerprint density at radius 1 is 1.16 bits per heavy atom. The number of nitrogens with zero attached hydrogens (tertiary/aromatic N) is 1. The second kappa shape index (κ2) is 5.83. The van der Waals surface area contributed by atoms with Gasteiger partial charge in [-0.15, -0.1) is 0 Å². The normalized spacial score (nSPS) is 18.6. The summed E-state index contributed by atoms with van der Waals surface area (Å²) in [4.78, 5) is 13.6. The molecule has 1 N–H and O–H groups in total. The Morgan fingerprint density at radius 3 is 2.47 bits per heavy atom. The van der Waals surface area contributed by atoms with Crippen LogP contribution in [0.15, 0.2) is 38.7 Å². The Labute approximate surface area is 120 Å². The Hall–Kier alpha value is -1.21. The molecule has 1 aromatic carbocycles. The first-order valence-corrected chi connectivity index (χ1v) is 8.09. The van der Waals surface area contributed by atoms with Crippen LogP contribution in [-0.2, 0) is 14.8 Å². The van der Waals surface area contributed by atoms with Gasteiger partial charge in [-0.05, 0) is 37.1 Å². The Morgan fingerprint density at radius 2 is 1.84 bits per heavy atom. The fourth-order valence-corrected chi connectivity index (χ4v) is 2.89. The molecule has 1 saturated carbocycles. The van der Waals surface area contributed by atoms with E-state index >= 15 is 0 Å². The van der Waals surface area contributed by atoms with E-state index in [2.05, 4.69) is 25.9 Å². The molecule has 102 valence electrons. The van der Waals surface area contributed by atoms with Crippen LogP contribution in [0.2, 0.25) is 0 Å². The van der Waals surface area contributed by atoms with Crippen molar-refractivity contribution in [3.63, 3.8) is 0 Å². The van der Waals surface area contributed by atoms with Crippen LogP contribution < -0.4 is 4.83 Å². The van der Waals surface area contributed by atoms with Crippen LogP contribution >= 0.6 is 15.9 Å². The monoisotopic (exact) mass is 344 g/mol. The van der Waals surface area contributed by atoms with E-state index in [1.54, 1.807) is 12.1 Å². The van der Waals surface area contributed by atoms with Gasteiger partial charge in [-0.25, -0.2) is 4.83 Å². The molecule has 0 aliphatic heterocycles. The van der Waals surface area contributed by atoms with Gasteiger partial charge in [-0.1, -0.05) is 15.9 Å². The number of hydrazone groups is 1. The van der Waals surface area contributed by atoms with Gasteiger partial charge in [0, 0.05) is 23.0 Å². The Kier molecular flexibility index (Phi) is 4.36. The van der Waals surface area contributed by atoms with Crippen LogP contribution in [0.4, 0.5) is 0 Å². The lowest BCUT2D eigenvalue weighted by atomic mass is 9.97. The molecular weight excluding hydrogens is 332 g/mol. The van der Waals surface area contributed by atoms with Crippen LogP contribution in [0.5, 0.6) is 0 Å². The highest BCUT2D eigenvalue weighted by molar-refractivity contribution is 9.10. The van der Waals surface area contributed by atoms with Crippen molar-refractivity contribution in [2.75, 3.05) is 0 Å². The number of nitrogens with one attached hydrogen (secondary N) is 1. The maximum atomic E-state index is 11.9. The zero-order valence-corrected chi connectivity index (χ0v) is 12.5. The first-order chi connectivity index (χ1) is 8.97. The van der Waals surface area contributed by atoms with Crippen molar-refractivity contribution in [2.24, 2.45) is 5.10 Å². The summed E-state index contributed by atoms with van der Waals surface area (Å²) >= 11 is 3.24. The van der Waals surface area contributed by atoms with Crippen molar-refractivity contribution in [1.29, 1.82) is 0 Å². The maximum Gasteiger partial charge on any atom is 0.276 e. The fraction of sp³-hybridized carbons (Fsp3) is 0.333. The quantitative estimate of drug-likeness (QED) is 0.854. The number of Topliss-reactive ketones (excluding diaryl/α,β-unsaturated/α-hetero) is 1. The van der Waals surface area contributed by atoms with Crippen molar-refractivity contribution in [3.8, 4) is 0 Å². The summed E-state index contributed by atoms with van der Waals surface area (Å²) in [5.41, 5.74) is 0.594. The molecule has 1 aromatic rings. The molecule has 1 fully saturated rings. The summed E-state index contributed by atoms with van der Waals surface area (Å²) in [6, 6.07) is 6.26. The minimum Gasteiger partial charge on any atom is -0.299 e. The average Bonchev–Trinajstić information content (AvgIpc) is 2.37. The van der Waals surface area contributed by atoms with Crippen LogP contribution in [0.1, 0.15) is 25.7 Å². The standard InChI is InChI=1S/C12H13BrN2O3S/c13-9-4-6-12(7-5-9)19(17,18)15-14-10-2-1-3-11(16)8-10/h4-7,15H,1-3,8H2/b14-10-. The Balaban J connectivity index is 2.11. The third-order valence-electron chi connectivity index (χ3n) is 2.77. The van der Waals surface area contributed by atoms with Gasteiger partial charge in [0.25, 0.3) is 10.0 Å². The summed E-state index contributed by atoms with van der Waals surface area (Å²) in [6.45, 7) is 0. The molecule has 19 heavy (non-hydrogen) atoms. The molecule has 1 aliphatic carbocycles. The summed E-state index contributed by atoms with van der Waals surface area (Å²) in [5, 5.41) is 3.85. The summed E-state index contributed by atoms with van der Waals surface area (Å²) in [6.07, 6.45) is 2.19. The molecule has 0 atom stereocenters. The predicted molar refractivity (Wildman–Crippen MR) is 75.4 cm³/mol. The highest BCUT2D eigenvalue weighted by Crippen LogP contribution is 2.15. The molecule has 0 amide bonds. The number of carbonyl (C=O) groups excluding carboxylic acids is 1. The predicted octanol–water partition coefficient (Wildman–Crippen LogP) is 2.23. The second-order valence-electron chi connectivity index (χ2n) is 4.30. The van der Waals surface area contributed by atoms with Gasteiger partial charge in [0.05, 0.1) is 4.90 Å². The summed E-state index contributed by atoms with van der Waals surface area (Å²) in [5.74, 6) is 0.104. The van der Waals surface area contributed by atoms with Crippen molar-refractivity contribution in [2.45, 2.75) is 30.6 Å². The van der Waals surface area contributed by atoms with E-state index in [0.29, 0.717) is 18.6 Å². The zero-order chi connectivity index (χ0) is 13.9. The topological polar surface area (TPSA) is 75.6 Å². The maximum absolute atomic E-state index is 11.9. The summed E-state index contributed by atoms with van der Waals surface area (Å²) in [7, 11) is -3.66. The van der Waals surface area contributed by atoms with Gasteiger partial charge in [-0.2, -0.15) is 13.5 Å². The highest BCUT2D eigenvalue weighted by atomic mass is 79.9. The third kappa shape index (κ3) is 3.87. The van der Waals surface area contributed by atoms with Crippen molar-refractivity contribution >= 4 is 37.4 Å². The van der Waals surface area contributed by atoms with E-state index in [1.807, 2.05) is 0 Å². The fourth-order valence-electron chi connectivity index (χ4n) is 1.78. The molecule has 0 radical (unpaired) electrons. The largest absolute Gasteiger partial charge is 0.299 e. The van der Waals surface area contributed by atoms with Gasteiger partial charge < -0.3 is 0 Å². The minimum atomic E-state index is -3.66. The van der Waals surface area contributed by atoms with E-state index in [0.717, 1.165) is 10.9 Å². The van der Waals surface area contributed by atoms with E-state index in [9.17, 15) is 13.2 Å². The van der Waals surface area contributed by atoms with Gasteiger partial charge in [0.1, 0.15) is 5.78 Å². The van der Waals surface area contributed by atoms with Gasteiger partial charge in [0.15, 0.2) is 0 Å². The summed E-state index contributed by atoms with van der Waals surface area (Å²) < 4.78 is 24.7. The molecule has 0 aromatic heterocycles. The molecule has 0 saturated heterocycles. The number of benzene rings is 1. The lowest BCUT2D eigenvalue weighted by Crippen LogP contribution is -2.23. The van der Waals surface area contributed by atoms with Gasteiger partial charge >= 0.3 is 0 Å². The number of sulfonamides is 1. The van der Waals surface area contributed by atoms with Gasteiger partial charge in [0.2, 0.25) is 0 Å². The SMILES string of the molecule is O=C1CCC/C(=N/NS(=O)(=O)c2ccc(Br)cc2)C1. The number of halogens is 1. The van der Waals surface area contributed by atoms with Crippen LogP contribution in [0.25, 0.3) is 0 Å². The molecule has 5 nitrogen and oxygen atoms in total. The number of rotatable bonds is 3. The second-order valence-corrected chi connectivity index (χ2v) is 6.87. The van der Waals surface area contributed by atoms with Crippen molar-refractivity contribution < 1.29 is 13.2 Å². The van der Waals surface area contributed by atoms with Crippen molar-refractivity contribution in [1.82, 2.24) is 4.83 Å². The number of hydrogen-bond acceptors (Lipinski definition) is 4. The van der Waals surface area contributed by atoms with Crippen LogP contribution in [-0.4, -0.2) is 19.9 Å². The lowest BCUT2D eigenvalue weighted by molar-refractivity contribution is -0.118. The van der Waals surface area contributed by atoms with E-state index in [-0.39, 0.29) is 17.1 Å². The number of hydrogen-bond donors (Lipinski definition) is 1. The average molecular weight is 345 g/mol. The molecule has 0 unspecified atom stereocenters. The first kappa shape index (κ1) is 14.2. The minimum absolute atomic E-state index is 0.104. The smallest absolute Gasteiger partial charge is 0.276 e. The molecule has 0 bridgehead atoms. The van der Waals surface area contributed by atoms with Gasteiger partial charge in [-0.3, -0.25) is 4.79 Å². The lowest BCUT2D eigenvalue weighted by Gasteiger charge is -2.12. The zero-order valence-electron chi connectivity index (χ0n) is 10.1. The molecule has 7 heteroatoms.